The lowest BCUT2D eigenvalue weighted by atomic mass is 10.5. The molecule has 0 saturated heterocycles. The van der Waals surface area contributed by atoms with Gasteiger partial charge < -0.3 is 0 Å². The highest BCUT2D eigenvalue weighted by atomic mass is 16.3. The zero-order chi connectivity index (χ0) is 5.98. The van der Waals surface area contributed by atoms with E-state index in [1.54, 1.807) is 24.0 Å². The fourth-order valence-electron chi connectivity index (χ4n) is 0.540. The molecule has 1 radical (unpaired) electrons. The first-order valence-electron chi connectivity index (χ1n) is 2.39. The van der Waals surface area contributed by atoms with Crippen LogP contribution in [-0.2, 0) is 18.8 Å². The molecule has 43 valence electrons. The number of hydrogen-bond donors (Lipinski definition) is 0. The van der Waals surface area contributed by atoms with Crippen molar-refractivity contribution in [2.24, 2.45) is 7.05 Å². The Balaban J connectivity index is 2.84. The normalized spacial score (nSPS) is 9.75. The molecule has 1 rings (SSSR count). The van der Waals surface area contributed by atoms with Crippen LogP contribution in [0.1, 0.15) is 5.69 Å². The molecule has 0 atom stereocenters. The molecule has 0 fully saturated rings. The molecule has 0 aliphatic heterocycles. The van der Waals surface area contributed by atoms with Crippen molar-refractivity contribution in [3.63, 3.8) is 0 Å². The quantitative estimate of drug-likeness (QED) is 0.515. The Hall–Kier alpha value is -0.830. The Labute approximate surface area is 47.6 Å². The molecule has 0 aliphatic rings. The van der Waals surface area contributed by atoms with Gasteiger partial charge >= 0.3 is 0 Å². The fraction of sp³-hybridized carbons (Fsp3) is 0.400. The zero-order valence-corrected chi connectivity index (χ0v) is 4.66. The summed E-state index contributed by atoms with van der Waals surface area (Å²) in [5.74, 6) is 0. The van der Waals surface area contributed by atoms with Gasteiger partial charge in [-0.3, -0.25) is 4.68 Å². The van der Waals surface area contributed by atoms with Gasteiger partial charge in [0.25, 0.3) is 0 Å². The number of hydrogen-bond acceptors (Lipinski definition) is 1. The summed E-state index contributed by atoms with van der Waals surface area (Å²) in [6, 6.07) is 1.72. The zero-order valence-electron chi connectivity index (χ0n) is 4.66. The third-order valence-electron chi connectivity index (χ3n) is 0.917. The van der Waals surface area contributed by atoms with E-state index in [2.05, 4.69) is 5.10 Å². The van der Waals surface area contributed by atoms with Crippen LogP contribution in [0.25, 0.3) is 0 Å². The van der Waals surface area contributed by atoms with E-state index in [0.29, 0.717) is 5.69 Å². The Bertz CT molecular complexity index is 171. The third kappa shape index (κ3) is 0.869. The van der Waals surface area contributed by atoms with Crippen LogP contribution in [0.4, 0.5) is 0 Å². The van der Waals surface area contributed by atoms with Gasteiger partial charge in [0.15, 0.2) is 0 Å². The average Bonchev–Trinajstić information content (AvgIpc) is 2.14. The van der Waals surface area contributed by atoms with Crippen molar-refractivity contribution in [1.82, 2.24) is 9.78 Å². The largest absolute Gasteiger partial charge is 0.275 e. The third-order valence-corrected chi connectivity index (χ3v) is 0.917. The van der Waals surface area contributed by atoms with Crippen LogP contribution >= 0.6 is 0 Å². The van der Waals surface area contributed by atoms with Crippen LogP contribution in [0.15, 0.2) is 12.3 Å². The van der Waals surface area contributed by atoms with Gasteiger partial charge in [0, 0.05) is 13.2 Å². The van der Waals surface area contributed by atoms with E-state index in [4.69, 9.17) is 0 Å². The minimum atomic E-state index is -0.221. The number of aromatic nitrogens is 2. The fourth-order valence-corrected chi connectivity index (χ4v) is 0.540. The molecule has 0 spiro atoms. The van der Waals surface area contributed by atoms with E-state index in [1.807, 2.05) is 0 Å². The van der Waals surface area contributed by atoms with Gasteiger partial charge in [0.1, 0.15) is 6.61 Å². The number of aryl methyl sites for hydroxylation is 1. The van der Waals surface area contributed by atoms with E-state index < -0.39 is 0 Å². The van der Waals surface area contributed by atoms with Crippen LogP contribution in [0.2, 0.25) is 0 Å². The maximum Gasteiger partial charge on any atom is 0.126 e. The van der Waals surface area contributed by atoms with Crippen LogP contribution < -0.4 is 0 Å². The first kappa shape index (κ1) is 5.31. The highest BCUT2D eigenvalue weighted by Gasteiger charge is 1.90. The van der Waals surface area contributed by atoms with Crippen molar-refractivity contribution >= 4 is 0 Å². The summed E-state index contributed by atoms with van der Waals surface area (Å²) < 4.78 is 1.62. The lowest BCUT2D eigenvalue weighted by Gasteiger charge is -1.82. The molecule has 1 aromatic rings. The standard InChI is InChI=1S/C5H7N2O/c1-7-3-2-5(4-8)6-7/h2-3H,4H2,1H3. The van der Waals surface area contributed by atoms with Crippen molar-refractivity contribution in [2.75, 3.05) is 0 Å². The van der Waals surface area contributed by atoms with Gasteiger partial charge in [-0.15, -0.1) is 0 Å². The van der Waals surface area contributed by atoms with Crippen LogP contribution in [0.3, 0.4) is 0 Å². The monoisotopic (exact) mass is 111 g/mol. The minimum absolute atomic E-state index is 0.221. The summed E-state index contributed by atoms with van der Waals surface area (Å²) in [7, 11) is 1.79. The summed E-state index contributed by atoms with van der Waals surface area (Å²) in [4.78, 5) is 0. The predicted molar refractivity (Wildman–Crippen MR) is 27.6 cm³/mol. The summed E-state index contributed by atoms with van der Waals surface area (Å²) >= 11 is 0. The first-order valence-corrected chi connectivity index (χ1v) is 2.39. The van der Waals surface area contributed by atoms with Gasteiger partial charge in [-0.25, -0.2) is 5.11 Å². The summed E-state index contributed by atoms with van der Waals surface area (Å²) in [6.07, 6.45) is 1.76. The molecule has 0 bridgehead atoms. The number of rotatable bonds is 1. The number of nitrogens with zero attached hydrogens (tertiary/aromatic N) is 2. The highest BCUT2D eigenvalue weighted by molar-refractivity contribution is 4.95. The first-order chi connectivity index (χ1) is 3.83. The second-order valence-corrected chi connectivity index (χ2v) is 1.63. The molecule has 1 heterocycles. The Kier molecular flexibility index (Phi) is 1.30. The smallest absolute Gasteiger partial charge is 0.126 e. The lowest BCUT2D eigenvalue weighted by molar-refractivity contribution is 0.173. The predicted octanol–water partition coefficient (Wildman–Crippen LogP) is 0.351. The lowest BCUT2D eigenvalue weighted by Crippen LogP contribution is -1.89. The maximum absolute atomic E-state index is 10.1. The van der Waals surface area contributed by atoms with Crippen molar-refractivity contribution in [3.05, 3.63) is 18.0 Å². The van der Waals surface area contributed by atoms with Gasteiger partial charge in [-0.2, -0.15) is 5.10 Å². The van der Waals surface area contributed by atoms with Gasteiger partial charge in [0.2, 0.25) is 0 Å². The molecule has 8 heavy (non-hydrogen) atoms. The molecule has 3 nitrogen and oxygen atoms in total. The van der Waals surface area contributed by atoms with E-state index in [1.165, 1.54) is 0 Å². The molecule has 1 aromatic heterocycles. The van der Waals surface area contributed by atoms with E-state index in [-0.39, 0.29) is 6.61 Å². The van der Waals surface area contributed by atoms with E-state index in [9.17, 15) is 5.11 Å². The van der Waals surface area contributed by atoms with Crippen molar-refractivity contribution in [2.45, 2.75) is 6.61 Å². The summed E-state index contributed by atoms with van der Waals surface area (Å²) in [5.41, 5.74) is 0.604. The van der Waals surface area contributed by atoms with Crippen LogP contribution in [0.5, 0.6) is 0 Å². The van der Waals surface area contributed by atoms with Crippen molar-refractivity contribution in [3.8, 4) is 0 Å². The second-order valence-electron chi connectivity index (χ2n) is 1.63. The van der Waals surface area contributed by atoms with E-state index in [0.717, 1.165) is 0 Å². The molecule has 0 amide bonds. The molecular weight excluding hydrogens is 104 g/mol. The van der Waals surface area contributed by atoms with Crippen molar-refractivity contribution in [1.29, 1.82) is 0 Å². The SMILES string of the molecule is Cn1ccc(C[O])n1. The molecule has 0 saturated carbocycles. The van der Waals surface area contributed by atoms with Crippen molar-refractivity contribution < 1.29 is 5.11 Å². The molecule has 0 aromatic carbocycles. The van der Waals surface area contributed by atoms with Crippen LogP contribution in [-0.4, -0.2) is 9.78 Å². The Morgan fingerprint density at radius 1 is 1.88 bits per heavy atom. The molecular formula is C5H7N2O. The topological polar surface area (TPSA) is 37.7 Å². The molecule has 3 heteroatoms. The molecule has 0 N–H and O–H groups in total. The van der Waals surface area contributed by atoms with Gasteiger partial charge in [-0.1, -0.05) is 0 Å². The minimum Gasteiger partial charge on any atom is -0.275 e. The second kappa shape index (κ2) is 1.96. The summed E-state index contributed by atoms with van der Waals surface area (Å²) in [6.45, 7) is -0.221. The Morgan fingerprint density at radius 3 is 2.88 bits per heavy atom. The molecule has 0 unspecified atom stereocenters. The Morgan fingerprint density at radius 2 is 2.62 bits per heavy atom. The highest BCUT2D eigenvalue weighted by Crippen LogP contribution is 1.91. The van der Waals surface area contributed by atoms with E-state index >= 15 is 0 Å². The van der Waals surface area contributed by atoms with Gasteiger partial charge in [-0.05, 0) is 6.07 Å². The maximum atomic E-state index is 10.1. The molecule has 0 aliphatic carbocycles. The van der Waals surface area contributed by atoms with Crippen LogP contribution in [0, 0.1) is 0 Å². The summed E-state index contributed by atoms with van der Waals surface area (Å²) in [5, 5.41) is 13.9. The van der Waals surface area contributed by atoms with Gasteiger partial charge in [0.05, 0.1) is 5.69 Å². The average molecular weight is 111 g/mol.